The Hall–Kier alpha value is -1.65. The number of hydrogen-bond donors (Lipinski definition) is 1. The molecule has 0 bridgehead atoms. The van der Waals surface area contributed by atoms with Crippen molar-refractivity contribution in [3.63, 3.8) is 0 Å². The summed E-state index contributed by atoms with van der Waals surface area (Å²) in [6.07, 6.45) is 0.793. The second-order valence-corrected chi connectivity index (χ2v) is 3.92. The maximum Gasteiger partial charge on any atom is 0.224 e. The van der Waals surface area contributed by atoms with E-state index in [4.69, 9.17) is 11.6 Å². The van der Waals surface area contributed by atoms with Gasteiger partial charge >= 0.3 is 0 Å². The largest absolute Gasteiger partial charge is 0.369 e. The molecule has 0 spiro atoms. The lowest BCUT2D eigenvalue weighted by molar-refractivity contribution is 0.177. The van der Waals surface area contributed by atoms with Crippen molar-refractivity contribution < 1.29 is 5.11 Å². The van der Waals surface area contributed by atoms with Crippen LogP contribution in [0, 0.1) is 0 Å². The van der Waals surface area contributed by atoms with Crippen LogP contribution in [0.4, 0.5) is 5.82 Å². The fourth-order valence-electron chi connectivity index (χ4n) is 1.50. The molecule has 0 fully saturated rings. The summed E-state index contributed by atoms with van der Waals surface area (Å²) in [7, 11) is 1.75. The van der Waals surface area contributed by atoms with Crippen molar-refractivity contribution in [2.24, 2.45) is 0 Å². The molecule has 0 radical (unpaired) electrons. The van der Waals surface area contributed by atoms with Crippen LogP contribution in [0.25, 0.3) is 0 Å². The molecule has 1 N–H and O–H groups in total. The topological polar surface area (TPSA) is 49.2 Å². The summed E-state index contributed by atoms with van der Waals surface area (Å²) in [5.41, 5.74) is 0.796. The number of aliphatic hydroxyl groups excluding tert-OH is 1. The van der Waals surface area contributed by atoms with E-state index in [9.17, 15) is 5.11 Å². The second-order valence-electron chi connectivity index (χ2n) is 3.58. The van der Waals surface area contributed by atoms with E-state index in [0.29, 0.717) is 5.82 Å². The molecule has 5 heteroatoms. The van der Waals surface area contributed by atoms with Crippen molar-refractivity contribution in [3.05, 3.63) is 53.4 Å². The van der Waals surface area contributed by atoms with Gasteiger partial charge in [-0.05, 0) is 17.7 Å². The van der Waals surface area contributed by atoms with Crippen LogP contribution in [0.3, 0.4) is 0 Å². The molecule has 88 valence electrons. The smallest absolute Gasteiger partial charge is 0.224 e. The van der Waals surface area contributed by atoms with Gasteiger partial charge in [-0.15, -0.1) is 0 Å². The lowest BCUT2D eigenvalue weighted by Crippen LogP contribution is -2.24. The van der Waals surface area contributed by atoms with Crippen molar-refractivity contribution >= 4 is 17.4 Å². The van der Waals surface area contributed by atoms with Gasteiger partial charge in [0.15, 0.2) is 6.23 Å². The van der Waals surface area contributed by atoms with Crippen LogP contribution in [-0.2, 0) is 0 Å². The minimum absolute atomic E-state index is 0.162. The summed E-state index contributed by atoms with van der Waals surface area (Å²) in [5.74, 6) is 0.571. The highest BCUT2D eigenvalue weighted by Gasteiger charge is 2.15. The fraction of sp³-hybridized carbons (Fsp3) is 0.167. The van der Waals surface area contributed by atoms with Gasteiger partial charge in [0.05, 0.1) is 0 Å². The van der Waals surface area contributed by atoms with Crippen molar-refractivity contribution in [3.8, 4) is 0 Å². The number of benzene rings is 1. The molecule has 0 aliphatic carbocycles. The van der Waals surface area contributed by atoms with Crippen molar-refractivity contribution in [2.75, 3.05) is 11.9 Å². The highest BCUT2D eigenvalue weighted by molar-refractivity contribution is 6.28. The molecule has 0 saturated heterocycles. The molecule has 17 heavy (non-hydrogen) atoms. The number of halogens is 1. The molecule has 0 aliphatic rings. The molecule has 1 unspecified atom stereocenters. The van der Waals surface area contributed by atoms with E-state index < -0.39 is 6.23 Å². The van der Waals surface area contributed by atoms with E-state index in [1.807, 2.05) is 30.3 Å². The summed E-state index contributed by atoms with van der Waals surface area (Å²) in [5, 5.41) is 10.3. The maximum absolute atomic E-state index is 10.2. The summed E-state index contributed by atoms with van der Waals surface area (Å²) >= 11 is 5.71. The molecule has 0 aliphatic heterocycles. The number of aliphatic hydroxyl groups is 1. The quantitative estimate of drug-likeness (QED) is 0.670. The van der Waals surface area contributed by atoms with Crippen molar-refractivity contribution in [2.45, 2.75) is 6.23 Å². The predicted molar refractivity (Wildman–Crippen MR) is 66.8 cm³/mol. The fourth-order valence-corrected chi connectivity index (χ4v) is 1.64. The zero-order chi connectivity index (χ0) is 12.3. The lowest BCUT2D eigenvalue weighted by Gasteiger charge is -2.24. The van der Waals surface area contributed by atoms with E-state index in [-0.39, 0.29) is 5.28 Å². The van der Waals surface area contributed by atoms with Crippen LogP contribution >= 0.6 is 11.6 Å². The molecule has 2 rings (SSSR count). The van der Waals surface area contributed by atoms with Gasteiger partial charge in [-0.2, -0.15) is 0 Å². The Morgan fingerprint density at radius 3 is 2.59 bits per heavy atom. The van der Waals surface area contributed by atoms with Gasteiger partial charge < -0.3 is 10.0 Å². The molecule has 4 nitrogen and oxygen atoms in total. The van der Waals surface area contributed by atoms with Gasteiger partial charge in [0.2, 0.25) is 5.28 Å². The zero-order valence-electron chi connectivity index (χ0n) is 9.29. The van der Waals surface area contributed by atoms with Gasteiger partial charge in [-0.25, -0.2) is 9.97 Å². The predicted octanol–water partition coefficient (Wildman–Crippen LogP) is 2.26. The van der Waals surface area contributed by atoms with E-state index in [1.54, 1.807) is 24.2 Å². The number of hydrogen-bond acceptors (Lipinski definition) is 4. The summed E-state index contributed by atoms with van der Waals surface area (Å²) in [6.45, 7) is 0. The van der Waals surface area contributed by atoms with Gasteiger partial charge in [0.1, 0.15) is 5.82 Å². The zero-order valence-corrected chi connectivity index (χ0v) is 10.0. The Labute approximate surface area is 105 Å². The van der Waals surface area contributed by atoms with Crippen LogP contribution in [0.15, 0.2) is 42.6 Å². The standard InChI is InChI=1S/C12H12ClN3O/c1-16(10-7-8-14-12(13)15-10)11(17)9-5-3-2-4-6-9/h2-8,11,17H,1H3. The first kappa shape index (κ1) is 11.8. The van der Waals surface area contributed by atoms with Crippen LogP contribution in [0.1, 0.15) is 11.8 Å². The number of nitrogens with zero attached hydrogens (tertiary/aromatic N) is 3. The molecule has 1 aromatic heterocycles. The molecule has 1 aromatic carbocycles. The molecule has 1 atom stereocenters. The third-order valence-electron chi connectivity index (χ3n) is 2.44. The Balaban J connectivity index is 2.23. The number of aromatic nitrogens is 2. The second kappa shape index (κ2) is 5.12. The van der Waals surface area contributed by atoms with E-state index in [1.165, 1.54) is 0 Å². The van der Waals surface area contributed by atoms with E-state index >= 15 is 0 Å². The molecular formula is C12H12ClN3O. The molecule has 2 aromatic rings. The Kier molecular flexibility index (Phi) is 3.56. The Bertz CT molecular complexity index is 492. The summed E-state index contributed by atoms with van der Waals surface area (Å²) in [6, 6.07) is 11.0. The first-order valence-electron chi connectivity index (χ1n) is 5.13. The van der Waals surface area contributed by atoms with E-state index in [0.717, 1.165) is 5.56 Å². The third-order valence-corrected chi connectivity index (χ3v) is 2.62. The molecular weight excluding hydrogens is 238 g/mol. The first-order chi connectivity index (χ1) is 8.18. The normalized spacial score (nSPS) is 12.2. The van der Waals surface area contributed by atoms with Crippen LogP contribution in [-0.4, -0.2) is 22.1 Å². The van der Waals surface area contributed by atoms with Crippen LogP contribution < -0.4 is 4.90 Å². The number of rotatable bonds is 3. The molecule has 0 saturated carbocycles. The average Bonchev–Trinajstić information content (AvgIpc) is 2.38. The van der Waals surface area contributed by atoms with Crippen molar-refractivity contribution in [1.82, 2.24) is 9.97 Å². The first-order valence-corrected chi connectivity index (χ1v) is 5.50. The minimum atomic E-state index is -0.762. The third kappa shape index (κ3) is 2.72. The van der Waals surface area contributed by atoms with Gasteiger partial charge in [-0.1, -0.05) is 30.3 Å². The maximum atomic E-state index is 10.2. The highest BCUT2D eigenvalue weighted by Crippen LogP contribution is 2.21. The average molecular weight is 250 g/mol. The van der Waals surface area contributed by atoms with Gasteiger partial charge in [-0.3, -0.25) is 0 Å². The summed E-state index contributed by atoms with van der Waals surface area (Å²) < 4.78 is 0. The van der Waals surface area contributed by atoms with E-state index in [2.05, 4.69) is 9.97 Å². The number of anilines is 1. The van der Waals surface area contributed by atoms with Crippen molar-refractivity contribution in [1.29, 1.82) is 0 Å². The SMILES string of the molecule is CN(c1ccnc(Cl)n1)C(O)c1ccccc1. The van der Waals surface area contributed by atoms with Gasteiger partial charge in [0.25, 0.3) is 0 Å². The monoisotopic (exact) mass is 249 g/mol. The summed E-state index contributed by atoms with van der Waals surface area (Å²) in [4.78, 5) is 9.47. The van der Waals surface area contributed by atoms with Crippen LogP contribution in [0.2, 0.25) is 5.28 Å². The van der Waals surface area contributed by atoms with Crippen LogP contribution in [0.5, 0.6) is 0 Å². The highest BCUT2D eigenvalue weighted by atomic mass is 35.5. The Morgan fingerprint density at radius 2 is 1.94 bits per heavy atom. The van der Waals surface area contributed by atoms with Gasteiger partial charge in [0, 0.05) is 18.8 Å². The minimum Gasteiger partial charge on any atom is -0.369 e. The molecule has 1 heterocycles. The lowest BCUT2D eigenvalue weighted by atomic mass is 10.2. The molecule has 0 amide bonds. The Morgan fingerprint density at radius 1 is 1.24 bits per heavy atom.